The van der Waals surface area contributed by atoms with Crippen molar-refractivity contribution in [2.45, 2.75) is 19.3 Å². The van der Waals surface area contributed by atoms with Crippen LogP contribution in [0.1, 0.15) is 26.5 Å². The summed E-state index contributed by atoms with van der Waals surface area (Å²) in [5.41, 5.74) is 3.08. The van der Waals surface area contributed by atoms with Gasteiger partial charge in [0.2, 0.25) is 0 Å². The van der Waals surface area contributed by atoms with Gasteiger partial charge >= 0.3 is 5.97 Å². The molecule has 1 N–H and O–H groups in total. The van der Waals surface area contributed by atoms with Crippen molar-refractivity contribution in [2.24, 2.45) is 0 Å². The van der Waals surface area contributed by atoms with E-state index in [1.807, 2.05) is 36.4 Å². The first-order valence-electron chi connectivity index (χ1n) is 9.70. The number of hydrogen-bond acceptors (Lipinski definition) is 6. The van der Waals surface area contributed by atoms with Gasteiger partial charge < -0.3 is 19.2 Å². The van der Waals surface area contributed by atoms with E-state index in [1.165, 1.54) is 28.9 Å². The van der Waals surface area contributed by atoms with Crippen molar-refractivity contribution < 1.29 is 23.5 Å². The van der Waals surface area contributed by atoms with Gasteiger partial charge in [-0.25, -0.2) is 4.79 Å². The van der Waals surface area contributed by atoms with E-state index in [-0.39, 0.29) is 6.61 Å². The van der Waals surface area contributed by atoms with E-state index in [2.05, 4.69) is 5.32 Å². The zero-order chi connectivity index (χ0) is 20.7. The van der Waals surface area contributed by atoms with Gasteiger partial charge in [-0.1, -0.05) is 18.2 Å². The van der Waals surface area contributed by atoms with E-state index in [0.717, 1.165) is 35.6 Å². The first kappa shape index (κ1) is 18.7. The highest BCUT2D eigenvalue weighted by molar-refractivity contribution is 7.14. The molecule has 1 aliphatic carbocycles. The van der Waals surface area contributed by atoms with Crippen LogP contribution in [0.2, 0.25) is 0 Å². The summed E-state index contributed by atoms with van der Waals surface area (Å²) in [4.78, 5) is 26.5. The van der Waals surface area contributed by atoms with Crippen LogP contribution in [0.4, 0.5) is 5.69 Å². The topological polar surface area (TPSA) is 77.8 Å². The molecule has 0 spiro atoms. The highest BCUT2D eigenvalue weighted by Crippen LogP contribution is 2.36. The number of thiophene rings is 1. The number of benzene rings is 2. The summed E-state index contributed by atoms with van der Waals surface area (Å²) in [5, 5.41) is 4.62. The van der Waals surface area contributed by atoms with E-state index < -0.39 is 11.9 Å². The molecule has 30 heavy (non-hydrogen) atoms. The Hall–Kier alpha value is -3.32. The quantitative estimate of drug-likeness (QED) is 0.462. The SMILES string of the molecule is COc1cc2c(cc1NC(=O)COC(=O)c1cc3c(s1)CCC3)oc1ccccc12. The molecule has 2 aromatic carbocycles. The third kappa shape index (κ3) is 3.31. The second-order valence-corrected chi connectivity index (χ2v) is 8.32. The Kier molecular flexibility index (Phi) is 4.67. The number of para-hydroxylation sites is 1. The van der Waals surface area contributed by atoms with Crippen molar-refractivity contribution >= 4 is 50.8 Å². The van der Waals surface area contributed by atoms with Crippen LogP contribution >= 0.6 is 11.3 Å². The number of carbonyl (C=O) groups excluding carboxylic acids is 2. The van der Waals surface area contributed by atoms with Gasteiger partial charge in [-0.05, 0) is 43.0 Å². The molecular weight excluding hydrogens is 402 g/mol. The molecule has 0 fully saturated rings. The molecule has 0 atom stereocenters. The van der Waals surface area contributed by atoms with Crippen molar-refractivity contribution in [2.75, 3.05) is 19.0 Å². The maximum atomic E-state index is 12.4. The molecule has 5 rings (SSSR count). The van der Waals surface area contributed by atoms with Crippen LogP contribution in [0.3, 0.4) is 0 Å². The number of rotatable bonds is 5. The fourth-order valence-electron chi connectivity index (χ4n) is 3.84. The number of methoxy groups -OCH3 is 1. The van der Waals surface area contributed by atoms with Crippen LogP contribution in [0.25, 0.3) is 21.9 Å². The lowest BCUT2D eigenvalue weighted by Gasteiger charge is -2.10. The number of esters is 1. The minimum absolute atomic E-state index is 0.372. The number of amides is 1. The third-order valence-corrected chi connectivity index (χ3v) is 6.47. The molecular formula is C23H19NO5S. The molecule has 0 bridgehead atoms. The molecule has 0 aliphatic heterocycles. The van der Waals surface area contributed by atoms with Crippen LogP contribution in [-0.2, 0) is 22.4 Å². The standard InChI is InChI=1S/C23H19NO5S/c1-27-19-10-15-14-6-2-3-7-17(14)29-18(15)11-16(19)24-22(25)12-28-23(26)21-9-13-5-4-8-20(13)30-21/h2-3,6-7,9-11H,4-5,8,12H2,1H3,(H,24,25). The van der Waals surface area contributed by atoms with Crippen molar-refractivity contribution in [3.05, 3.63) is 57.8 Å². The number of ether oxygens (including phenoxy) is 2. The van der Waals surface area contributed by atoms with Crippen molar-refractivity contribution in [3.63, 3.8) is 0 Å². The van der Waals surface area contributed by atoms with Gasteiger partial charge in [0, 0.05) is 21.7 Å². The molecule has 1 amide bonds. The van der Waals surface area contributed by atoms with E-state index in [9.17, 15) is 9.59 Å². The monoisotopic (exact) mass is 421 g/mol. The van der Waals surface area contributed by atoms with Crippen LogP contribution in [0, 0.1) is 0 Å². The molecule has 0 saturated heterocycles. The van der Waals surface area contributed by atoms with E-state index in [0.29, 0.717) is 21.9 Å². The van der Waals surface area contributed by atoms with E-state index in [1.54, 1.807) is 6.07 Å². The summed E-state index contributed by atoms with van der Waals surface area (Å²) in [7, 11) is 1.54. The minimum Gasteiger partial charge on any atom is -0.495 e. The molecule has 0 saturated carbocycles. The Balaban J connectivity index is 1.31. The van der Waals surface area contributed by atoms with Crippen LogP contribution in [-0.4, -0.2) is 25.6 Å². The van der Waals surface area contributed by atoms with Crippen LogP contribution in [0.5, 0.6) is 5.75 Å². The number of hydrogen-bond donors (Lipinski definition) is 1. The van der Waals surface area contributed by atoms with Crippen LogP contribution in [0.15, 0.2) is 46.9 Å². The molecule has 4 aromatic rings. The summed E-state index contributed by atoms with van der Waals surface area (Å²) < 4.78 is 16.5. The largest absolute Gasteiger partial charge is 0.495 e. The smallest absolute Gasteiger partial charge is 0.348 e. The highest BCUT2D eigenvalue weighted by Gasteiger charge is 2.20. The normalized spacial score (nSPS) is 12.8. The highest BCUT2D eigenvalue weighted by atomic mass is 32.1. The Morgan fingerprint density at radius 2 is 1.97 bits per heavy atom. The molecule has 152 valence electrons. The van der Waals surface area contributed by atoms with Crippen molar-refractivity contribution in [1.29, 1.82) is 0 Å². The maximum Gasteiger partial charge on any atom is 0.348 e. The zero-order valence-electron chi connectivity index (χ0n) is 16.3. The fraction of sp³-hybridized carbons (Fsp3) is 0.217. The summed E-state index contributed by atoms with van der Waals surface area (Å²) >= 11 is 1.46. The molecule has 2 aromatic heterocycles. The number of furan rings is 1. The lowest BCUT2D eigenvalue weighted by Crippen LogP contribution is -2.21. The number of fused-ring (bicyclic) bond motifs is 4. The number of anilines is 1. The first-order valence-corrected chi connectivity index (χ1v) is 10.5. The Bertz CT molecular complexity index is 1260. The Labute approximate surface area is 176 Å². The first-order chi connectivity index (χ1) is 14.6. The third-order valence-electron chi connectivity index (χ3n) is 5.26. The van der Waals surface area contributed by atoms with E-state index in [4.69, 9.17) is 13.9 Å². The van der Waals surface area contributed by atoms with Gasteiger partial charge in [0.1, 0.15) is 21.8 Å². The second-order valence-electron chi connectivity index (χ2n) is 7.18. The molecule has 7 heteroatoms. The van der Waals surface area contributed by atoms with Crippen molar-refractivity contribution in [3.8, 4) is 5.75 Å². The predicted molar refractivity (Wildman–Crippen MR) is 116 cm³/mol. The zero-order valence-corrected chi connectivity index (χ0v) is 17.1. The van der Waals surface area contributed by atoms with Gasteiger partial charge in [-0.3, -0.25) is 4.79 Å². The summed E-state index contributed by atoms with van der Waals surface area (Å²) in [6.45, 7) is -0.372. The molecule has 0 unspecified atom stereocenters. The molecule has 6 nitrogen and oxygen atoms in total. The average Bonchev–Trinajstić information content (AvgIpc) is 3.44. The lowest BCUT2D eigenvalue weighted by molar-refractivity contribution is -0.119. The van der Waals surface area contributed by atoms with Gasteiger partial charge in [0.15, 0.2) is 6.61 Å². The van der Waals surface area contributed by atoms with Gasteiger partial charge in [-0.15, -0.1) is 11.3 Å². The number of nitrogens with one attached hydrogen (secondary N) is 1. The second kappa shape index (κ2) is 7.50. The summed E-state index contributed by atoms with van der Waals surface area (Å²) in [6.07, 6.45) is 3.15. The van der Waals surface area contributed by atoms with Crippen LogP contribution < -0.4 is 10.1 Å². The minimum atomic E-state index is -0.468. The van der Waals surface area contributed by atoms with Gasteiger partial charge in [-0.2, -0.15) is 0 Å². The maximum absolute atomic E-state index is 12.4. The lowest BCUT2D eigenvalue weighted by atomic mass is 10.1. The molecule has 1 aliphatic rings. The summed E-state index contributed by atoms with van der Waals surface area (Å²) in [5.74, 6) is -0.408. The van der Waals surface area contributed by atoms with Crippen molar-refractivity contribution in [1.82, 2.24) is 0 Å². The number of aryl methyl sites for hydroxylation is 2. The Morgan fingerprint density at radius 1 is 1.10 bits per heavy atom. The van der Waals surface area contributed by atoms with Gasteiger partial charge in [0.25, 0.3) is 5.91 Å². The van der Waals surface area contributed by atoms with E-state index >= 15 is 0 Å². The average molecular weight is 421 g/mol. The molecule has 2 heterocycles. The number of carbonyl (C=O) groups is 2. The molecule has 0 radical (unpaired) electrons. The Morgan fingerprint density at radius 3 is 2.80 bits per heavy atom. The predicted octanol–water partition coefficient (Wildman–Crippen LogP) is 4.94. The summed E-state index contributed by atoms with van der Waals surface area (Å²) in [6, 6.07) is 13.1. The fourth-order valence-corrected chi connectivity index (χ4v) is 4.98. The van der Waals surface area contributed by atoms with Gasteiger partial charge in [0.05, 0.1) is 12.8 Å².